The number of methoxy groups -OCH3 is 2. The maximum atomic E-state index is 6.64. The Hall–Kier alpha value is -0.410. The fraction of sp³-hybridized carbons (Fsp3) is 0.647. The van der Waals surface area contributed by atoms with Gasteiger partial charge < -0.3 is 9.47 Å². The van der Waals surface area contributed by atoms with Crippen molar-refractivity contribution in [2.75, 3.05) is 14.2 Å². The highest BCUT2D eigenvalue weighted by Crippen LogP contribution is 2.41. The van der Waals surface area contributed by atoms with Crippen LogP contribution in [-0.4, -0.2) is 14.2 Å². The van der Waals surface area contributed by atoms with E-state index >= 15 is 0 Å². The zero-order valence-corrected chi connectivity index (χ0v) is 15.2. The lowest BCUT2D eigenvalue weighted by Crippen LogP contribution is -2.07. The fourth-order valence-corrected chi connectivity index (χ4v) is 3.92. The summed E-state index contributed by atoms with van der Waals surface area (Å²) in [7, 11) is 3.35. The van der Waals surface area contributed by atoms with E-state index in [4.69, 9.17) is 21.1 Å². The first-order chi connectivity index (χ1) is 10.2. The van der Waals surface area contributed by atoms with Crippen molar-refractivity contribution < 1.29 is 9.47 Å². The monoisotopic (exact) mass is 374 g/mol. The van der Waals surface area contributed by atoms with Crippen LogP contribution in [-0.2, 0) is 0 Å². The van der Waals surface area contributed by atoms with Gasteiger partial charge in [0.05, 0.1) is 24.1 Å². The van der Waals surface area contributed by atoms with Crippen molar-refractivity contribution in [3.8, 4) is 11.5 Å². The molecule has 0 bridgehead atoms. The van der Waals surface area contributed by atoms with E-state index in [0.717, 1.165) is 33.9 Å². The Morgan fingerprint density at radius 2 is 1.81 bits per heavy atom. The van der Waals surface area contributed by atoms with Gasteiger partial charge in [-0.25, -0.2) is 0 Å². The summed E-state index contributed by atoms with van der Waals surface area (Å²) in [6.45, 7) is 0. The van der Waals surface area contributed by atoms with Gasteiger partial charge in [0.1, 0.15) is 11.5 Å². The van der Waals surface area contributed by atoms with E-state index in [1.54, 1.807) is 14.2 Å². The van der Waals surface area contributed by atoms with Gasteiger partial charge in [0.2, 0.25) is 0 Å². The lowest BCUT2D eigenvalue weighted by atomic mass is 9.85. The van der Waals surface area contributed by atoms with Gasteiger partial charge in [0.15, 0.2) is 0 Å². The largest absolute Gasteiger partial charge is 0.496 e. The van der Waals surface area contributed by atoms with Crippen molar-refractivity contribution in [2.45, 2.75) is 50.3 Å². The van der Waals surface area contributed by atoms with E-state index in [1.807, 2.05) is 12.1 Å². The molecule has 1 atom stereocenters. The summed E-state index contributed by atoms with van der Waals surface area (Å²) in [5.74, 6) is 2.48. The molecule has 2 rings (SSSR count). The Morgan fingerprint density at radius 1 is 1.14 bits per heavy atom. The number of hydrogen-bond acceptors (Lipinski definition) is 2. The molecular formula is C17H24BrClO2. The summed E-state index contributed by atoms with van der Waals surface area (Å²) < 4.78 is 11.7. The second kappa shape index (κ2) is 8.28. The molecule has 1 aliphatic carbocycles. The number of benzene rings is 1. The Bertz CT molecular complexity index is 458. The summed E-state index contributed by atoms with van der Waals surface area (Å²) in [4.78, 5) is 0. The molecule has 1 aromatic rings. The van der Waals surface area contributed by atoms with Crippen LogP contribution >= 0.6 is 27.5 Å². The van der Waals surface area contributed by atoms with Crippen molar-refractivity contribution in [1.82, 2.24) is 0 Å². The quantitative estimate of drug-likeness (QED) is 0.559. The van der Waals surface area contributed by atoms with Crippen molar-refractivity contribution >= 4 is 27.5 Å². The van der Waals surface area contributed by atoms with Crippen LogP contribution in [0, 0.1) is 5.92 Å². The van der Waals surface area contributed by atoms with Crippen molar-refractivity contribution in [1.29, 1.82) is 0 Å². The van der Waals surface area contributed by atoms with E-state index in [-0.39, 0.29) is 5.38 Å². The molecule has 0 aliphatic heterocycles. The van der Waals surface area contributed by atoms with Gasteiger partial charge >= 0.3 is 0 Å². The molecule has 1 unspecified atom stereocenters. The molecule has 0 amide bonds. The van der Waals surface area contributed by atoms with Gasteiger partial charge in [0.25, 0.3) is 0 Å². The SMILES string of the molecule is COc1cc(C(Cl)CCC2CCCCC2)c(OC)cc1Br. The van der Waals surface area contributed by atoms with Gasteiger partial charge in [0, 0.05) is 5.56 Å². The van der Waals surface area contributed by atoms with E-state index < -0.39 is 0 Å². The van der Waals surface area contributed by atoms with E-state index in [0.29, 0.717) is 0 Å². The van der Waals surface area contributed by atoms with E-state index in [9.17, 15) is 0 Å². The van der Waals surface area contributed by atoms with Crippen molar-refractivity contribution in [2.24, 2.45) is 5.92 Å². The molecule has 0 spiro atoms. The van der Waals surface area contributed by atoms with Crippen LogP contribution in [0.15, 0.2) is 16.6 Å². The number of rotatable bonds is 6. The lowest BCUT2D eigenvalue weighted by Gasteiger charge is -2.23. The molecule has 2 nitrogen and oxygen atoms in total. The van der Waals surface area contributed by atoms with Gasteiger partial charge in [-0.1, -0.05) is 32.1 Å². The minimum Gasteiger partial charge on any atom is -0.496 e. The first-order valence-corrected chi connectivity index (χ1v) is 8.94. The number of halogens is 2. The second-order valence-corrected chi connectivity index (χ2v) is 7.16. The molecule has 4 heteroatoms. The fourth-order valence-electron chi connectivity index (χ4n) is 3.14. The smallest absolute Gasteiger partial charge is 0.133 e. The minimum absolute atomic E-state index is 0.0242. The molecule has 1 fully saturated rings. The number of alkyl halides is 1. The van der Waals surface area contributed by atoms with Crippen molar-refractivity contribution in [3.63, 3.8) is 0 Å². The standard InChI is InChI=1S/C17H24BrClO2/c1-20-16-11-14(18)17(21-2)10-13(16)15(19)9-8-12-6-4-3-5-7-12/h10-12,15H,3-9H2,1-2H3. The molecule has 0 N–H and O–H groups in total. The Labute approximate surface area is 141 Å². The summed E-state index contributed by atoms with van der Waals surface area (Å²) in [6, 6.07) is 3.92. The molecule has 0 radical (unpaired) electrons. The molecule has 1 saturated carbocycles. The average Bonchev–Trinajstić information content (AvgIpc) is 2.53. The lowest BCUT2D eigenvalue weighted by molar-refractivity contribution is 0.330. The second-order valence-electron chi connectivity index (χ2n) is 5.78. The predicted molar refractivity (Wildman–Crippen MR) is 91.6 cm³/mol. The number of ether oxygens (including phenoxy) is 2. The van der Waals surface area contributed by atoms with Crippen LogP contribution in [0.2, 0.25) is 0 Å². The molecule has 21 heavy (non-hydrogen) atoms. The molecule has 0 aromatic heterocycles. The van der Waals surface area contributed by atoms with Crippen LogP contribution in [0.5, 0.6) is 11.5 Å². The first-order valence-electron chi connectivity index (χ1n) is 7.71. The van der Waals surface area contributed by atoms with Gasteiger partial charge in [-0.3, -0.25) is 0 Å². The zero-order chi connectivity index (χ0) is 15.2. The third-order valence-electron chi connectivity index (χ3n) is 4.39. The Kier molecular flexibility index (Phi) is 6.69. The summed E-state index contributed by atoms with van der Waals surface area (Å²) in [5, 5.41) is -0.0242. The van der Waals surface area contributed by atoms with E-state index in [2.05, 4.69) is 15.9 Å². The molecule has 1 aliphatic rings. The Morgan fingerprint density at radius 3 is 2.43 bits per heavy atom. The van der Waals surface area contributed by atoms with Crippen LogP contribution in [0.25, 0.3) is 0 Å². The van der Waals surface area contributed by atoms with Crippen LogP contribution in [0.4, 0.5) is 0 Å². The normalized spacial score (nSPS) is 17.5. The molecule has 0 heterocycles. The van der Waals surface area contributed by atoms with Gasteiger partial charge in [-0.05, 0) is 46.8 Å². The molecule has 1 aromatic carbocycles. The average molecular weight is 376 g/mol. The zero-order valence-electron chi connectivity index (χ0n) is 12.8. The molecule has 0 saturated heterocycles. The third kappa shape index (κ3) is 4.53. The van der Waals surface area contributed by atoms with Crippen molar-refractivity contribution in [3.05, 3.63) is 22.2 Å². The maximum Gasteiger partial charge on any atom is 0.133 e. The maximum absolute atomic E-state index is 6.64. The van der Waals surface area contributed by atoms with Crippen LogP contribution < -0.4 is 9.47 Å². The summed E-state index contributed by atoms with van der Waals surface area (Å²) >= 11 is 10.1. The van der Waals surface area contributed by atoms with E-state index in [1.165, 1.54) is 38.5 Å². The molecule has 118 valence electrons. The predicted octanol–water partition coefficient (Wildman–Crippen LogP) is 6.11. The molecular weight excluding hydrogens is 352 g/mol. The van der Waals surface area contributed by atoms with Gasteiger partial charge in [-0.2, -0.15) is 0 Å². The third-order valence-corrected chi connectivity index (χ3v) is 5.47. The first kappa shape index (κ1) is 17.0. The highest BCUT2D eigenvalue weighted by Gasteiger charge is 2.20. The number of hydrogen-bond donors (Lipinski definition) is 0. The topological polar surface area (TPSA) is 18.5 Å². The highest BCUT2D eigenvalue weighted by molar-refractivity contribution is 9.10. The van der Waals surface area contributed by atoms with Crippen LogP contribution in [0.1, 0.15) is 55.9 Å². The minimum atomic E-state index is -0.0242. The highest BCUT2D eigenvalue weighted by atomic mass is 79.9. The summed E-state index contributed by atoms with van der Waals surface area (Å²) in [5.41, 5.74) is 1.02. The van der Waals surface area contributed by atoms with Crippen LogP contribution in [0.3, 0.4) is 0 Å². The van der Waals surface area contributed by atoms with Gasteiger partial charge in [-0.15, -0.1) is 11.6 Å². The summed E-state index contributed by atoms with van der Waals surface area (Å²) in [6.07, 6.45) is 9.09. The Balaban J connectivity index is 2.04.